The molecule has 0 atom stereocenters. The number of rotatable bonds is 3. The van der Waals surface area contributed by atoms with Crippen molar-refractivity contribution in [2.24, 2.45) is 5.90 Å². The van der Waals surface area contributed by atoms with Crippen molar-refractivity contribution in [3.63, 3.8) is 0 Å². The third-order valence-electron chi connectivity index (χ3n) is 2.65. The minimum absolute atomic E-state index is 0.470. The van der Waals surface area contributed by atoms with Crippen LogP contribution < -0.4 is 10.6 Å². The minimum Gasteiger partial charge on any atom is -0.496 e. The van der Waals surface area contributed by atoms with E-state index < -0.39 is 5.60 Å². The van der Waals surface area contributed by atoms with Gasteiger partial charge in [-0.25, -0.2) is 5.90 Å². The molecule has 1 aromatic rings. The van der Waals surface area contributed by atoms with Crippen LogP contribution in [0, 0.1) is 13.8 Å². The van der Waals surface area contributed by atoms with Crippen LogP contribution in [0.1, 0.15) is 30.5 Å². The molecule has 0 radical (unpaired) electrons. The van der Waals surface area contributed by atoms with Crippen molar-refractivity contribution in [3.8, 4) is 5.75 Å². The summed E-state index contributed by atoms with van der Waals surface area (Å²) in [4.78, 5) is 4.97. The maximum Gasteiger partial charge on any atom is 0.124 e. The van der Waals surface area contributed by atoms with Crippen LogP contribution in [0.25, 0.3) is 0 Å². The summed E-state index contributed by atoms with van der Waals surface area (Å²) in [5.74, 6) is 6.20. The number of aryl methyl sites for hydroxylation is 2. The molecular weight excluding hydrogens is 190 g/mol. The topological polar surface area (TPSA) is 44.5 Å². The fourth-order valence-electron chi connectivity index (χ4n) is 1.69. The summed E-state index contributed by atoms with van der Waals surface area (Å²) in [5.41, 5.74) is 2.78. The van der Waals surface area contributed by atoms with E-state index in [1.807, 2.05) is 39.8 Å². The molecule has 0 heterocycles. The smallest absolute Gasteiger partial charge is 0.124 e. The first kappa shape index (κ1) is 12.0. The lowest BCUT2D eigenvalue weighted by Crippen LogP contribution is -2.25. The average molecular weight is 209 g/mol. The molecule has 0 aliphatic heterocycles. The van der Waals surface area contributed by atoms with Crippen molar-refractivity contribution < 1.29 is 9.57 Å². The van der Waals surface area contributed by atoms with Crippen molar-refractivity contribution in [3.05, 3.63) is 28.8 Å². The number of hydrogen-bond donors (Lipinski definition) is 1. The van der Waals surface area contributed by atoms with Crippen LogP contribution in [0.2, 0.25) is 0 Å². The van der Waals surface area contributed by atoms with E-state index in [0.717, 1.165) is 22.4 Å². The van der Waals surface area contributed by atoms with Gasteiger partial charge in [0.15, 0.2) is 0 Å². The van der Waals surface area contributed by atoms with E-state index in [1.54, 1.807) is 7.11 Å². The fraction of sp³-hybridized carbons (Fsp3) is 0.500. The van der Waals surface area contributed by atoms with Gasteiger partial charge in [0.25, 0.3) is 0 Å². The largest absolute Gasteiger partial charge is 0.496 e. The lowest BCUT2D eigenvalue weighted by molar-refractivity contribution is -0.0237. The van der Waals surface area contributed by atoms with Crippen LogP contribution >= 0.6 is 0 Å². The Morgan fingerprint density at radius 2 is 1.60 bits per heavy atom. The van der Waals surface area contributed by atoms with Gasteiger partial charge in [0.05, 0.1) is 7.11 Å². The van der Waals surface area contributed by atoms with Crippen molar-refractivity contribution in [2.45, 2.75) is 33.3 Å². The molecular formula is C12H19NO2. The Hall–Kier alpha value is -1.06. The van der Waals surface area contributed by atoms with Gasteiger partial charge in [-0.2, -0.15) is 0 Å². The highest BCUT2D eigenvalue weighted by molar-refractivity contribution is 5.44. The highest BCUT2D eigenvalue weighted by Gasteiger charge is 2.22. The van der Waals surface area contributed by atoms with Crippen LogP contribution in [0.3, 0.4) is 0 Å². The number of methoxy groups -OCH3 is 1. The zero-order chi connectivity index (χ0) is 11.6. The van der Waals surface area contributed by atoms with Crippen LogP contribution in [-0.4, -0.2) is 7.11 Å². The Kier molecular flexibility index (Phi) is 3.37. The second-order valence-electron chi connectivity index (χ2n) is 4.27. The molecule has 0 fully saturated rings. The molecule has 1 aromatic carbocycles. The Labute approximate surface area is 91.1 Å². The first-order chi connectivity index (χ1) is 6.92. The molecule has 15 heavy (non-hydrogen) atoms. The van der Waals surface area contributed by atoms with Gasteiger partial charge in [0.2, 0.25) is 0 Å². The molecule has 84 valence electrons. The lowest BCUT2D eigenvalue weighted by Gasteiger charge is -2.24. The zero-order valence-corrected chi connectivity index (χ0v) is 10.0. The van der Waals surface area contributed by atoms with Crippen molar-refractivity contribution >= 4 is 0 Å². The van der Waals surface area contributed by atoms with Crippen LogP contribution in [0.5, 0.6) is 5.75 Å². The highest BCUT2D eigenvalue weighted by atomic mass is 16.6. The summed E-state index contributed by atoms with van der Waals surface area (Å²) in [6.07, 6.45) is 0. The molecule has 0 spiro atoms. The van der Waals surface area contributed by atoms with E-state index in [2.05, 4.69) is 0 Å². The predicted molar refractivity (Wildman–Crippen MR) is 60.8 cm³/mol. The normalized spacial score (nSPS) is 11.6. The molecule has 3 heteroatoms. The first-order valence-electron chi connectivity index (χ1n) is 4.96. The quantitative estimate of drug-likeness (QED) is 0.778. The number of ether oxygens (including phenoxy) is 1. The Morgan fingerprint density at radius 3 is 1.93 bits per heavy atom. The number of benzene rings is 1. The summed E-state index contributed by atoms with van der Waals surface area (Å²) in [7, 11) is 1.68. The van der Waals surface area contributed by atoms with Crippen LogP contribution in [0.4, 0.5) is 0 Å². The second kappa shape index (κ2) is 4.21. The van der Waals surface area contributed by atoms with Gasteiger partial charge >= 0.3 is 0 Å². The van der Waals surface area contributed by atoms with Gasteiger partial charge in [-0.3, -0.25) is 4.84 Å². The van der Waals surface area contributed by atoms with Crippen molar-refractivity contribution in [1.29, 1.82) is 0 Å². The summed E-state index contributed by atoms with van der Waals surface area (Å²) < 4.78 is 5.30. The average Bonchev–Trinajstić information content (AvgIpc) is 2.17. The fourth-order valence-corrected chi connectivity index (χ4v) is 1.69. The van der Waals surface area contributed by atoms with Crippen molar-refractivity contribution in [1.82, 2.24) is 0 Å². The third kappa shape index (κ3) is 2.30. The SMILES string of the molecule is COc1c(C)cc(C(C)(C)ON)cc1C. The van der Waals surface area contributed by atoms with Gasteiger partial charge in [-0.05, 0) is 56.5 Å². The maximum atomic E-state index is 5.30. The molecule has 0 saturated heterocycles. The molecule has 0 unspecified atom stereocenters. The predicted octanol–water partition coefficient (Wildman–Crippen LogP) is 2.44. The Bertz CT molecular complexity index is 336. The molecule has 0 aliphatic rings. The van der Waals surface area contributed by atoms with E-state index >= 15 is 0 Å². The minimum atomic E-state index is -0.470. The van der Waals surface area contributed by atoms with Crippen molar-refractivity contribution in [2.75, 3.05) is 7.11 Å². The molecule has 0 amide bonds. The zero-order valence-electron chi connectivity index (χ0n) is 10.0. The number of hydrogen-bond acceptors (Lipinski definition) is 3. The van der Waals surface area contributed by atoms with E-state index in [0.29, 0.717) is 0 Å². The van der Waals surface area contributed by atoms with Crippen LogP contribution in [0.15, 0.2) is 12.1 Å². The highest BCUT2D eigenvalue weighted by Crippen LogP contribution is 2.30. The monoisotopic (exact) mass is 209 g/mol. The van der Waals surface area contributed by atoms with Gasteiger partial charge in [0, 0.05) is 0 Å². The van der Waals surface area contributed by atoms with Gasteiger partial charge in [-0.15, -0.1) is 0 Å². The lowest BCUT2D eigenvalue weighted by atomic mass is 9.94. The maximum absolute atomic E-state index is 5.30. The first-order valence-corrected chi connectivity index (χ1v) is 4.96. The molecule has 2 N–H and O–H groups in total. The molecule has 0 bridgehead atoms. The molecule has 0 saturated carbocycles. The summed E-state index contributed by atoms with van der Waals surface area (Å²) >= 11 is 0. The summed E-state index contributed by atoms with van der Waals surface area (Å²) in [6, 6.07) is 4.08. The Morgan fingerprint density at radius 1 is 1.13 bits per heavy atom. The molecule has 0 aliphatic carbocycles. The van der Waals surface area contributed by atoms with Gasteiger partial charge in [0.1, 0.15) is 11.4 Å². The Balaban J connectivity index is 3.26. The second-order valence-corrected chi connectivity index (χ2v) is 4.27. The van der Waals surface area contributed by atoms with E-state index in [9.17, 15) is 0 Å². The van der Waals surface area contributed by atoms with E-state index in [1.165, 1.54) is 0 Å². The van der Waals surface area contributed by atoms with Crippen LogP contribution in [-0.2, 0) is 10.4 Å². The standard InChI is InChI=1S/C12H19NO2/c1-8-6-10(12(3,4)15-13)7-9(2)11(8)14-5/h6-7H,13H2,1-5H3. The van der Waals surface area contributed by atoms with E-state index in [4.69, 9.17) is 15.5 Å². The molecule has 0 aromatic heterocycles. The molecule has 1 rings (SSSR count). The number of nitrogens with two attached hydrogens (primary N) is 1. The van der Waals surface area contributed by atoms with Gasteiger partial charge in [-0.1, -0.05) is 0 Å². The van der Waals surface area contributed by atoms with E-state index in [-0.39, 0.29) is 0 Å². The third-order valence-corrected chi connectivity index (χ3v) is 2.65. The summed E-state index contributed by atoms with van der Waals surface area (Å²) in [5, 5.41) is 0. The summed E-state index contributed by atoms with van der Waals surface area (Å²) in [6.45, 7) is 7.91. The molecule has 3 nitrogen and oxygen atoms in total. The van der Waals surface area contributed by atoms with Gasteiger partial charge < -0.3 is 4.74 Å².